The van der Waals surface area contributed by atoms with Crippen LogP contribution in [-0.2, 0) is 4.79 Å². The molecule has 4 atom stereocenters. The molecule has 2 bridgehead atoms. The molecule has 0 radical (unpaired) electrons. The highest BCUT2D eigenvalue weighted by Crippen LogP contribution is 2.44. The maximum Gasteiger partial charge on any atom is 0.320 e. The first kappa shape index (κ1) is 7.80. The summed E-state index contributed by atoms with van der Waals surface area (Å²) in [6.07, 6.45) is 6.40. The van der Waals surface area contributed by atoms with Gasteiger partial charge in [-0.05, 0) is 30.6 Å². The Bertz CT molecular complexity index is 237. The third kappa shape index (κ3) is 1.05. The minimum absolute atomic E-state index is 0.178. The molecule has 2 aliphatic rings. The monoisotopic (exact) mass is 167 g/mol. The summed E-state index contributed by atoms with van der Waals surface area (Å²) in [5, 5.41) is 8.72. The first-order chi connectivity index (χ1) is 5.68. The van der Waals surface area contributed by atoms with E-state index < -0.39 is 12.0 Å². The molecular formula is C9H13NO2. The second-order valence-electron chi connectivity index (χ2n) is 3.81. The molecule has 0 aromatic carbocycles. The van der Waals surface area contributed by atoms with Crippen LogP contribution in [0, 0.1) is 17.8 Å². The minimum Gasteiger partial charge on any atom is -0.480 e. The first-order valence-corrected chi connectivity index (χ1v) is 4.35. The van der Waals surface area contributed by atoms with Gasteiger partial charge >= 0.3 is 5.97 Å². The van der Waals surface area contributed by atoms with Crippen molar-refractivity contribution in [3.8, 4) is 0 Å². The Balaban J connectivity index is 2.07. The van der Waals surface area contributed by atoms with E-state index in [2.05, 4.69) is 12.2 Å². The van der Waals surface area contributed by atoms with Gasteiger partial charge in [-0.25, -0.2) is 0 Å². The van der Waals surface area contributed by atoms with Crippen molar-refractivity contribution in [1.82, 2.24) is 0 Å². The van der Waals surface area contributed by atoms with Gasteiger partial charge in [0.1, 0.15) is 6.04 Å². The molecule has 0 unspecified atom stereocenters. The van der Waals surface area contributed by atoms with Crippen molar-refractivity contribution in [2.75, 3.05) is 0 Å². The number of allylic oxidation sites excluding steroid dienone is 2. The van der Waals surface area contributed by atoms with Crippen molar-refractivity contribution in [3.63, 3.8) is 0 Å². The molecule has 2 rings (SSSR count). The number of carbonyl (C=O) groups is 1. The van der Waals surface area contributed by atoms with Gasteiger partial charge in [0, 0.05) is 0 Å². The molecule has 1 fully saturated rings. The molecular weight excluding hydrogens is 154 g/mol. The van der Waals surface area contributed by atoms with Crippen molar-refractivity contribution in [3.05, 3.63) is 12.2 Å². The Morgan fingerprint density at radius 1 is 1.50 bits per heavy atom. The molecule has 1 saturated carbocycles. The topological polar surface area (TPSA) is 63.3 Å². The van der Waals surface area contributed by atoms with Crippen molar-refractivity contribution < 1.29 is 9.90 Å². The highest BCUT2D eigenvalue weighted by atomic mass is 16.4. The molecule has 3 nitrogen and oxygen atoms in total. The number of hydrogen-bond donors (Lipinski definition) is 2. The largest absolute Gasteiger partial charge is 0.480 e. The fourth-order valence-electron chi connectivity index (χ4n) is 2.42. The zero-order chi connectivity index (χ0) is 8.72. The number of nitrogens with two attached hydrogens (primary N) is 1. The fraction of sp³-hybridized carbons (Fsp3) is 0.667. The fourth-order valence-corrected chi connectivity index (χ4v) is 2.42. The molecule has 0 heterocycles. The number of aliphatic carboxylic acids is 1. The van der Waals surface area contributed by atoms with E-state index in [1.165, 1.54) is 0 Å². The summed E-state index contributed by atoms with van der Waals surface area (Å²) in [6.45, 7) is 0. The number of fused-ring (bicyclic) bond motifs is 2. The second-order valence-corrected chi connectivity index (χ2v) is 3.81. The molecule has 0 amide bonds. The van der Waals surface area contributed by atoms with Gasteiger partial charge in [-0.1, -0.05) is 12.2 Å². The van der Waals surface area contributed by atoms with Crippen LogP contribution >= 0.6 is 0 Å². The molecule has 3 heteroatoms. The van der Waals surface area contributed by atoms with Crippen molar-refractivity contribution in [2.45, 2.75) is 18.9 Å². The lowest BCUT2D eigenvalue weighted by Gasteiger charge is -2.21. The Kier molecular flexibility index (Phi) is 1.68. The zero-order valence-corrected chi connectivity index (χ0v) is 6.81. The summed E-state index contributed by atoms with van der Waals surface area (Å²) in [5.74, 6) is 0.352. The number of carboxylic acids is 1. The van der Waals surface area contributed by atoms with Crippen LogP contribution in [0.1, 0.15) is 12.8 Å². The summed E-state index contributed by atoms with van der Waals surface area (Å²) in [5.41, 5.74) is 5.57. The molecule has 0 aromatic rings. The first-order valence-electron chi connectivity index (χ1n) is 4.35. The van der Waals surface area contributed by atoms with E-state index in [1.54, 1.807) is 0 Å². The van der Waals surface area contributed by atoms with Gasteiger partial charge in [0.25, 0.3) is 0 Å². The minimum atomic E-state index is -0.860. The van der Waals surface area contributed by atoms with Crippen LogP contribution in [0.15, 0.2) is 12.2 Å². The highest BCUT2D eigenvalue weighted by molar-refractivity contribution is 5.73. The predicted octanol–water partition coefficient (Wildman–Crippen LogP) is 0.610. The van der Waals surface area contributed by atoms with Crippen molar-refractivity contribution in [1.29, 1.82) is 0 Å². The van der Waals surface area contributed by atoms with Gasteiger partial charge in [0.15, 0.2) is 0 Å². The van der Waals surface area contributed by atoms with E-state index in [9.17, 15) is 4.79 Å². The Labute approximate surface area is 71.3 Å². The summed E-state index contributed by atoms with van der Waals surface area (Å²) in [4.78, 5) is 10.6. The van der Waals surface area contributed by atoms with Gasteiger partial charge in [-0.2, -0.15) is 0 Å². The number of hydrogen-bond acceptors (Lipinski definition) is 2. The van der Waals surface area contributed by atoms with E-state index in [4.69, 9.17) is 10.8 Å². The maximum absolute atomic E-state index is 10.6. The lowest BCUT2D eigenvalue weighted by molar-refractivity contribution is -0.140. The van der Waals surface area contributed by atoms with Gasteiger partial charge in [0.2, 0.25) is 0 Å². The average Bonchev–Trinajstić information content (AvgIpc) is 2.62. The normalized spacial score (nSPS) is 40.2. The molecule has 0 aliphatic heterocycles. The number of carboxylic acid groups (broad SMARTS) is 1. The van der Waals surface area contributed by atoms with Crippen molar-refractivity contribution in [2.24, 2.45) is 23.5 Å². The molecule has 3 N–H and O–H groups in total. The van der Waals surface area contributed by atoms with Crippen LogP contribution < -0.4 is 5.73 Å². The maximum atomic E-state index is 10.6. The van der Waals surface area contributed by atoms with E-state index >= 15 is 0 Å². The molecule has 2 aliphatic carbocycles. The van der Waals surface area contributed by atoms with Crippen LogP contribution in [0.5, 0.6) is 0 Å². The van der Waals surface area contributed by atoms with E-state index in [0.717, 1.165) is 12.8 Å². The van der Waals surface area contributed by atoms with Crippen LogP contribution in [-0.4, -0.2) is 17.1 Å². The Hall–Kier alpha value is -0.830. The molecule has 0 aromatic heterocycles. The predicted molar refractivity (Wildman–Crippen MR) is 44.5 cm³/mol. The standard InChI is InChI=1S/C9H13NO2/c10-8(9(11)12)7-4-5-1-2-6(7)3-5/h1-2,5-8H,3-4,10H2,(H,11,12)/t5-,6-,7+,8-/m0/s1. The van der Waals surface area contributed by atoms with E-state index in [1.807, 2.05) is 0 Å². The molecule has 12 heavy (non-hydrogen) atoms. The Morgan fingerprint density at radius 3 is 2.67 bits per heavy atom. The van der Waals surface area contributed by atoms with Crippen LogP contribution in [0.4, 0.5) is 0 Å². The zero-order valence-electron chi connectivity index (χ0n) is 6.81. The summed E-state index contributed by atoms with van der Waals surface area (Å²) < 4.78 is 0. The summed E-state index contributed by atoms with van der Waals surface area (Å²) in [6, 6.07) is -0.662. The van der Waals surface area contributed by atoms with Crippen LogP contribution in [0.25, 0.3) is 0 Å². The Morgan fingerprint density at radius 2 is 2.25 bits per heavy atom. The number of rotatable bonds is 2. The summed E-state index contributed by atoms with van der Waals surface area (Å²) >= 11 is 0. The van der Waals surface area contributed by atoms with Gasteiger partial charge in [-0.3, -0.25) is 4.79 Å². The van der Waals surface area contributed by atoms with Gasteiger partial charge < -0.3 is 10.8 Å². The molecule has 0 saturated heterocycles. The smallest absolute Gasteiger partial charge is 0.320 e. The highest BCUT2D eigenvalue weighted by Gasteiger charge is 2.40. The lowest BCUT2D eigenvalue weighted by Crippen LogP contribution is -2.39. The SMILES string of the molecule is N[C@H](C(=O)O)[C@@H]1C[C@H]2C=C[C@H]1C2. The molecule has 66 valence electrons. The van der Waals surface area contributed by atoms with Gasteiger partial charge in [-0.15, -0.1) is 0 Å². The van der Waals surface area contributed by atoms with Crippen molar-refractivity contribution >= 4 is 5.97 Å². The molecule has 0 spiro atoms. The van der Waals surface area contributed by atoms with Crippen LogP contribution in [0.3, 0.4) is 0 Å². The summed E-state index contributed by atoms with van der Waals surface area (Å²) in [7, 11) is 0. The van der Waals surface area contributed by atoms with Gasteiger partial charge in [0.05, 0.1) is 0 Å². The van der Waals surface area contributed by atoms with E-state index in [0.29, 0.717) is 11.8 Å². The van der Waals surface area contributed by atoms with E-state index in [-0.39, 0.29) is 5.92 Å². The third-order valence-corrected chi connectivity index (χ3v) is 3.08. The quantitative estimate of drug-likeness (QED) is 0.592. The second kappa shape index (κ2) is 2.59. The lowest BCUT2D eigenvalue weighted by atomic mass is 9.87. The average molecular weight is 167 g/mol. The third-order valence-electron chi connectivity index (χ3n) is 3.08. The van der Waals surface area contributed by atoms with Crippen LogP contribution in [0.2, 0.25) is 0 Å².